The molecule has 0 amide bonds. The van der Waals surface area contributed by atoms with Gasteiger partial charge in [-0.25, -0.2) is 9.50 Å². The minimum atomic E-state index is -0.158. The molecular formula is C8H10N4O. The van der Waals surface area contributed by atoms with Crippen molar-refractivity contribution >= 4 is 5.52 Å². The Hall–Kier alpha value is -1.65. The average molecular weight is 178 g/mol. The van der Waals surface area contributed by atoms with Gasteiger partial charge in [0.2, 0.25) is 0 Å². The van der Waals surface area contributed by atoms with Gasteiger partial charge in [0.25, 0.3) is 5.56 Å². The van der Waals surface area contributed by atoms with Crippen LogP contribution in [0, 0.1) is 0 Å². The fourth-order valence-corrected chi connectivity index (χ4v) is 1.25. The lowest BCUT2D eigenvalue weighted by Crippen LogP contribution is -2.11. The fraction of sp³-hybridized carbons (Fsp3) is 0.375. The minimum absolute atomic E-state index is 0.158. The van der Waals surface area contributed by atoms with Crippen LogP contribution in [0.3, 0.4) is 0 Å². The maximum atomic E-state index is 11.3. The van der Waals surface area contributed by atoms with Crippen LogP contribution in [0.25, 0.3) is 5.52 Å². The summed E-state index contributed by atoms with van der Waals surface area (Å²) in [4.78, 5) is 17.9. The number of aromatic nitrogens is 4. The van der Waals surface area contributed by atoms with E-state index in [2.05, 4.69) is 15.1 Å². The second-order valence-electron chi connectivity index (χ2n) is 3.19. The molecule has 0 fully saturated rings. The number of rotatable bonds is 1. The van der Waals surface area contributed by atoms with Gasteiger partial charge in [-0.15, -0.1) is 0 Å². The monoisotopic (exact) mass is 178 g/mol. The van der Waals surface area contributed by atoms with Gasteiger partial charge in [-0.3, -0.25) is 4.79 Å². The van der Waals surface area contributed by atoms with Gasteiger partial charge >= 0.3 is 0 Å². The van der Waals surface area contributed by atoms with E-state index in [1.54, 1.807) is 10.7 Å². The van der Waals surface area contributed by atoms with E-state index in [-0.39, 0.29) is 11.5 Å². The van der Waals surface area contributed by atoms with Crippen molar-refractivity contribution in [2.24, 2.45) is 0 Å². The number of hydrogen-bond donors (Lipinski definition) is 1. The molecule has 0 unspecified atom stereocenters. The number of nitrogens with zero attached hydrogens (tertiary/aromatic N) is 3. The van der Waals surface area contributed by atoms with Crippen LogP contribution < -0.4 is 5.56 Å². The lowest BCUT2D eigenvalue weighted by molar-refractivity contribution is 0.718. The topological polar surface area (TPSA) is 63.0 Å². The van der Waals surface area contributed by atoms with Gasteiger partial charge in [-0.2, -0.15) is 5.10 Å². The van der Waals surface area contributed by atoms with Gasteiger partial charge in [-0.05, 0) is 0 Å². The Morgan fingerprint density at radius 1 is 1.54 bits per heavy atom. The van der Waals surface area contributed by atoms with E-state index in [9.17, 15) is 4.79 Å². The molecule has 68 valence electrons. The number of hydrogen-bond acceptors (Lipinski definition) is 3. The van der Waals surface area contributed by atoms with Crippen LogP contribution in [-0.4, -0.2) is 19.6 Å². The molecule has 0 bridgehead atoms. The van der Waals surface area contributed by atoms with Crippen LogP contribution in [-0.2, 0) is 0 Å². The van der Waals surface area contributed by atoms with Gasteiger partial charge < -0.3 is 4.98 Å². The minimum Gasteiger partial charge on any atom is -0.310 e. The summed E-state index contributed by atoms with van der Waals surface area (Å²) < 4.78 is 1.57. The molecule has 0 aliphatic heterocycles. The summed E-state index contributed by atoms with van der Waals surface area (Å²) in [6, 6.07) is 0. The van der Waals surface area contributed by atoms with Crippen molar-refractivity contribution in [3.8, 4) is 0 Å². The van der Waals surface area contributed by atoms with Crippen molar-refractivity contribution in [2.45, 2.75) is 19.8 Å². The fourth-order valence-electron chi connectivity index (χ4n) is 1.25. The van der Waals surface area contributed by atoms with Crippen molar-refractivity contribution < 1.29 is 0 Å². The molecule has 0 saturated heterocycles. The predicted molar refractivity (Wildman–Crippen MR) is 47.7 cm³/mol. The van der Waals surface area contributed by atoms with Crippen LogP contribution >= 0.6 is 0 Å². The Morgan fingerprint density at radius 3 is 3.00 bits per heavy atom. The Balaban J connectivity index is 2.83. The Bertz CT molecular complexity index is 482. The van der Waals surface area contributed by atoms with Gasteiger partial charge in [0.05, 0.1) is 6.20 Å². The zero-order valence-electron chi connectivity index (χ0n) is 7.48. The van der Waals surface area contributed by atoms with E-state index in [4.69, 9.17) is 0 Å². The maximum absolute atomic E-state index is 11.3. The zero-order valence-corrected chi connectivity index (χ0v) is 7.48. The molecule has 2 aromatic heterocycles. The van der Waals surface area contributed by atoms with Gasteiger partial charge in [-0.1, -0.05) is 13.8 Å². The van der Waals surface area contributed by atoms with Crippen LogP contribution in [0.15, 0.2) is 17.3 Å². The molecule has 0 aromatic carbocycles. The summed E-state index contributed by atoms with van der Waals surface area (Å²) in [7, 11) is 0. The van der Waals surface area contributed by atoms with E-state index in [0.717, 1.165) is 5.82 Å². The molecule has 1 N–H and O–H groups in total. The Morgan fingerprint density at radius 2 is 2.31 bits per heavy atom. The largest absolute Gasteiger partial charge is 0.310 e. The summed E-state index contributed by atoms with van der Waals surface area (Å²) in [5, 5.41) is 4.02. The third-order valence-electron chi connectivity index (χ3n) is 1.88. The molecule has 0 radical (unpaired) electrons. The lowest BCUT2D eigenvalue weighted by atomic mass is 10.2. The van der Waals surface area contributed by atoms with Crippen molar-refractivity contribution in [1.82, 2.24) is 19.6 Å². The molecule has 5 nitrogen and oxygen atoms in total. The average Bonchev–Trinajstić information content (AvgIpc) is 2.48. The predicted octanol–water partition coefficient (Wildman–Crippen LogP) is 0.541. The second kappa shape index (κ2) is 2.69. The van der Waals surface area contributed by atoms with Gasteiger partial charge in [0.1, 0.15) is 12.2 Å². The number of fused-ring (bicyclic) bond motifs is 1. The highest BCUT2D eigenvalue weighted by Crippen LogP contribution is 2.10. The van der Waals surface area contributed by atoms with Crippen LogP contribution in [0.5, 0.6) is 0 Å². The summed E-state index contributed by atoms with van der Waals surface area (Å²) >= 11 is 0. The first-order valence-corrected chi connectivity index (χ1v) is 4.11. The van der Waals surface area contributed by atoms with E-state index >= 15 is 0 Å². The van der Waals surface area contributed by atoms with Crippen molar-refractivity contribution in [3.05, 3.63) is 28.7 Å². The lowest BCUT2D eigenvalue weighted by Gasteiger charge is -2.00. The summed E-state index contributed by atoms with van der Waals surface area (Å²) in [6.45, 7) is 4.02. The van der Waals surface area contributed by atoms with E-state index < -0.39 is 0 Å². The highest BCUT2D eigenvalue weighted by atomic mass is 16.1. The molecule has 0 aliphatic carbocycles. The Labute approximate surface area is 74.4 Å². The van der Waals surface area contributed by atoms with Gasteiger partial charge in [0, 0.05) is 5.92 Å². The molecule has 0 atom stereocenters. The quantitative estimate of drug-likeness (QED) is 0.693. The first-order chi connectivity index (χ1) is 6.20. The highest BCUT2D eigenvalue weighted by Gasteiger charge is 2.09. The summed E-state index contributed by atoms with van der Waals surface area (Å²) in [6.07, 6.45) is 2.92. The van der Waals surface area contributed by atoms with E-state index in [1.807, 2.05) is 13.8 Å². The molecule has 0 saturated carbocycles. The van der Waals surface area contributed by atoms with Crippen LogP contribution in [0.2, 0.25) is 0 Å². The number of aromatic amines is 1. The maximum Gasteiger partial charge on any atom is 0.276 e. The van der Waals surface area contributed by atoms with E-state index in [0.29, 0.717) is 5.52 Å². The Kier molecular flexibility index (Phi) is 1.65. The first-order valence-electron chi connectivity index (χ1n) is 4.11. The molecule has 2 heterocycles. The molecule has 5 heteroatoms. The van der Waals surface area contributed by atoms with E-state index in [1.165, 1.54) is 6.33 Å². The molecule has 0 spiro atoms. The molecule has 0 aliphatic rings. The standard InChI is InChI=1S/C8H10N4O/c1-5(2)7-9-3-6-8(13)10-4-11-12(6)7/h3-5H,1-2H3,(H,10,11,13). The zero-order chi connectivity index (χ0) is 9.42. The highest BCUT2D eigenvalue weighted by molar-refractivity contribution is 5.41. The molecule has 13 heavy (non-hydrogen) atoms. The summed E-state index contributed by atoms with van der Waals surface area (Å²) in [5.74, 6) is 1.07. The first kappa shape index (κ1) is 7.97. The molecule has 2 aromatic rings. The van der Waals surface area contributed by atoms with Gasteiger partial charge in [0.15, 0.2) is 5.52 Å². The smallest absolute Gasteiger partial charge is 0.276 e. The molecule has 2 rings (SSSR count). The van der Waals surface area contributed by atoms with Crippen molar-refractivity contribution in [1.29, 1.82) is 0 Å². The second-order valence-corrected chi connectivity index (χ2v) is 3.19. The SMILES string of the molecule is CC(C)c1ncc2c(=O)[nH]cnn12. The van der Waals surface area contributed by atoms with Crippen molar-refractivity contribution in [3.63, 3.8) is 0 Å². The third kappa shape index (κ3) is 1.12. The van der Waals surface area contributed by atoms with Crippen LogP contribution in [0.1, 0.15) is 25.6 Å². The number of imidazole rings is 1. The summed E-state index contributed by atoms with van der Waals surface area (Å²) in [5.41, 5.74) is 0.334. The number of H-pyrrole nitrogens is 1. The van der Waals surface area contributed by atoms with Crippen molar-refractivity contribution in [2.75, 3.05) is 0 Å². The number of nitrogens with one attached hydrogen (secondary N) is 1. The third-order valence-corrected chi connectivity index (χ3v) is 1.88. The normalized spacial score (nSPS) is 11.3. The van der Waals surface area contributed by atoms with Crippen LogP contribution in [0.4, 0.5) is 0 Å². The molecular weight excluding hydrogens is 168 g/mol.